The molecule has 0 aliphatic rings. The van der Waals surface area contributed by atoms with Crippen molar-refractivity contribution in [2.24, 2.45) is 0 Å². The molecule has 17 heavy (non-hydrogen) atoms. The molecule has 0 bridgehead atoms. The van der Waals surface area contributed by atoms with Crippen molar-refractivity contribution in [1.82, 2.24) is 14.8 Å². The monoisotopic (exact) mass is 224 g/mol. The SMILES string of the molecule is Nc1ncccc1Cn1ncc2ccccc21. The molecule has 0 radical (unpaired) electrons. The van der Waals surface area contributed by atoms with E-state index in [-0.39, 0.29) is 0 Å². The Bertz CT molecular complexity index is 657. The topological polar surface area (TPSA) is 56.7 Å². The molecular weight excluding hydrogens is 212 g/mol. The molecule has 84 valence electrons. The number of para-hydroxylation sites is 1. The van der Waals surface area contributed by atoms with Crippen molar-refractivity contribution < 1.29 is 0 Å². The van der Waals surface area contributed by atoms with Crippen molar-refractivity contribution in [2.75, 3.05) is 5.73 Å². The minimum Gasteiger partial charge on any atom is -0.383 e. The summed E-state index contributed by atoms with van der Waals surface area (Å²) in [5.41, 5.74) is 7.92. The molecule has 0 saturated carbocycles. The predicted octanol–water partition coefficient (Wildman–Crippen LogP) is 2.06. The standard InChI is InChI=1S/C13H12N4/c14-13-11(5-3-7-15-13)9-17-12-6-2-1-4-10(12)8-16-17/h1-8H,9H2,(H2,14,15). The van der Waals surface area contributed by atoms with Crippen LogP contribution in [0.25, 0.3) is 10.9 Å². The van der Waals surface area contributed by atoms with Crippen LogP contribution in [-0.2, 0) is 6.54 Å². The molecule has 4 heteroatoms. The largest absolute Gasteiger partial charge is 0.383 e. The van der Waals surface area contributed by atoms with E-state index in [1.54, 1.807) is 6.20 Å². The zero-order valence-corrected chi connectivity index (χ0v) is 9.24. The fourth-order valence-electron chi connectivity index (χ4n) is 1.90. The molecule has 0 atom stereocenters. The smallest absolute Gasteiger partial charge is 0.128 e. The zero-order chi connectivity index (χ0) is 11.7. The molecular formula is C13H12N4. The molecule has 2 heterocycles. The van der Waals surface area contributed by atoms with Gasteiger partial charge in [0.05, 0.1) is 18.3 Å². The number of pyridine rings is 1. The van der Waals surface area contributed by atoms with Gasteiger partial charge in [0.1, 0.15) is 5.82 Å². The lowest BCUT2D eigenvalue weighted by Gasteiger charge is -2.05. The van der Waals surface area contributed by atoms with Crippen molar-refractivity contribution >= 4 is 16.7 Å². The van der Waals surface area contributed by atoms with E-state index >= 15 is 0 Å². The molecule has 4 nitrogen and oxygen atoms in total. The number of hydrogen-bond acceptors (Lipinski definition) is 3. The highest BCUT2D eigenvalue weighted by Crippen LogP contribution is 2.16. The van der Waals surface area contributed by atoms with Gasteiger partial charge in [-0.1, -0.05) is 24.3 Å². The molecule has 0 aliphatic heterocycles. The lowest BCUT2D eigenvalue weighted by atomic mass is 10.2. The van der Waals surface area contributed by atoms with Gasteiger partial charge in [0, 0.05) is 17.1 Å². The highest BCUT2D eigenvalue weighted by Gasteiger charge is 2.04. The number of benzene rings is 1. The van der Waals surface area contributed by atoms with Crippen LogP contribution in [0, 0.1) is 0 Å². The van der Waals surface area contributed by atoms with E-state index in [1.165, 1.54) is 0 Å². The van der Waals surface area contributed by atoms with Crippen LogP contribution in [0.4, 0.5) is 5.82 Å². The first kappa shape index (κ1) is 9.84. The highest BCUT2D eigenvalue weighted by molar-refractivity contribution is 5.78. The van der Waals surface area contributed by atoms with E-state index in [1.807, 2.05) is 41.2 Å². The average Bonchev–Trinajstić information content (AvgIpc) is 2.76. The lowest BCUT2D eigenvalue weighted by Crippen LogP contribution is -2.05. The molecule has 1 aromatic carbocycles. The number of rotatable bonds is 2. The summed E-state index contributed by atoms with van der Waals surface area (Å²) in [6.45, 7) is 0.646. The van der Waals surface area contributed by atoms with E-state index < -0.39 is 0 Å². The summed E-state index contributed by atoms with van der Waals surface area (Å²) in [5.74, 6) is 0.562. The minimum atomic E-state index is 0.562. The summed E-state index contributed by atoms with van der Waals surface area (Å²) in [4.78, 5) is 4.08. The van der Waals surface area contributed by atoms with Crippen molar-refractivity contribution in [1.29, 1.82) is 0 Å². The van der Waals surface area contributed by atoms with Gasteiger partial charge in [-0.2, -0.15) is 5.10 Å². The van der Waals surface area contributed by atoms with Crippen LogP contribution in [0.15, 0.2) is 48.8 Å². The average molecular weight is 224 g/mol. The van der Waals surface area contributed by atoms with Crippen LogP contribution < -0.4 is 5.73 Å². The molecule has 2 aromatic heterocycles. The number of aromatic nitrogens is 3. The molecule has 0 unspecified atom stereocenters. The van der Waals surface area contributed by atoms with Gasteiger partial charge >= 0.3 is 0 Å². The second-order valence-electron chi connectivity index (χ2n) is 3.91. The van der Waals surface area contributed by atoms with Gasteiger partial charge in [-0.15, -0.1) is 0 Å². The van der Waals surface area contributed by atoms with Gasteiger partial charge in [-0.3, -0.25) is 4.68 Å². The van der Waals surface area contributed by atoms with Gasteiger partial charge in [-0.05, 0) is 12.1 Å². The van der Waals surface area contributed by atoms with Crippen LogP contribution in [0.2, 0.25) is 0 Å². The van der Waals surface area contributed by atoms with Crippen molar-refractivity contribution in [3.8, 4) is 0 Å². The quantitative estimate of drug-likeness (QED) is 0.724. The van der Waals surface area contributed by atoms with Gasteiger partial charge in [0.15, 0.2) is 0 Å². The first-order valence-electron chi connectivity index (χ1n) is 5.44. The number of anilines is 1. The van der Waals surface area contributed by atoms with Crippen LogP contribution >= 0.6 is 0 Å². The minimum absolute atomic E-state index is 0.562. The van der Waals surface area contributed by atoms with Crippen LogP contribution in [-0.4, -0.2) is 14.8 Å². The second-order valence-corrected chi connectivity index (χ2v) is 3.91. The van der Waals surface area contributed by atoms with Gasteiger partial charge in [0.25, 0.3) is 0 Å². The number of nitrogens with two attached hydrogens (primary N) is 1. The molecule has 2 N–H and O–H groups in total. The summed E-state index contributed by atoms with van der Waals surface area (Å²) in [5, 5.41) is 5.50. The first-order valence-corrected chi connectivity index (χ1v) is 5.44. The number of fused-ring (bicyclic) bond motifs is 1. The van der Waals surface area contributed by atoms with Crippen LogP contribution in [0.5, 0.6) is 0 Å². The highest BCUT2D eigenvalue weighted by atomic mass is 15.3. The maximum atomic E-state index is 5.83. The molecule has 0 amide bonds. The lowest BCUT2D eigenvalue weighted by molar-refractivity contribution is 0.711. The Morgan fingerprint density at radius 2 is 2.00 bits per heavy atom. The fourth-order valence-corrected chi connectivity index (χ4v) is 1.90. The van der Waals surface area contributed by atoms with Gasteiger partial charge in [-0.25, -0.2) is 4.98 Å². The Morgan fingerprint density at radius 1 is 1.12 bits per heavy atom. The van der Waals surface area contributed by atoms with Crippen molar-refractivity contribution in [3.63, 3.8) is 0 Å². The van der Waals surface area contributed by atoms with Crippen molar-refractivity contribution in [2.45, 2.75) is 6.54 Å². The Labute approximate surface area is 98.7 Å². The molecule has 0 fully saturated rings. The van der Waals surface area contributed by atoms with Crippen LogP contribution in [0.1, 0.15) is 5.56 Å². The third kappa shape index (κ3) is 1.73. The van der Waals surface area contributed by atoms with E-state index in [9.17, 15) is 0 Å². The summed E-state index contributed by atoms with van der Waals surface area (Å²) < 4.78 is 1.93. The Balaban J connectivity index is 2.03. The Hall–Kier alpha value is -2.36. The fraction of sp³-hybridized carbons (Fsp3) is 0.0769. The van der Waals surface area contributed by atoms with Gasteiger partial charge in [0.2, 0.25) is 0 Å². The molecule has 0 saturated heterocycles. The van der Waals surface area contributed by atoms with Crippen molar-refractivity contribution in [3.05, 3.63) is 54.4 Å². The number of nitrogen functional groups attached to an aromatic ring is 1. The summed E-state index contributed by atoms with van der Waals surface area (Å²) in [6, 6.07) is 12.0. The van der Waals surface area contributed by atoms with E-state index in [2.05, 4.69) is 16.1 Å². The molecule has 3 aromatic rings. The maximum absolute atomic E-state index is 5.83. The van der Waals surface area contributed by atoms with Crippen LogP contribution in [0.3, 0.4) is 0 Å². The maximum Gasteiger partial charge on any atom is 0.128 e. The summed E-state index contributed by atoms with van der Waals surface area (Å²) >= 11 is 0. The van der Waals surface area contributed by atoms with E-state index in [4.69, 9.17) is 5.73 Å². The Kier molecular flexibility index (Phi) is 2.26. The van der Waals surface area contributed by atoms with E-state index in [0.717, 1.165) is 16.5 Å². The predicted molar refractivity (Wildman–Crippen MR) is 67.5 cm³/mol. The van der Waals surface area contributed by atoms with Gasteiger partial charge < -0.3 is 5.73 Å². The molecule has 0 spiro atoms. The number of nitrogens with zero attached hydrogens (tertiary/aromatic N) is 3. The third-order valence-corrected chi connectivity index (χ3v) is 2.80. The summed E-state index contributed by atoms with van der Waals surface area (Å²) in [6.07, 6.45) is 3.56. The second kappa shape index (κ2) is 3.90. The molecule has 3 rings (SSSR count). The summed E-state index contributed by atoms with van der Waals surface area (Å²) in [7, 11) is 0. The number of hydrogen-bond donors (Lipinski definition) is 1. The normalized spacial score (nSPS) is 10.8. The molecule has 0 aliphatic carbocycles. The van der Waals surface area contributed by atoms with E-state index in [0.29, 0.717) is 12.4 Å². The third-order valence-electron chi connectivity index (χ3n) is 2.80. The zero-order valence-electron chi connectivity index (χ0n) is 9.24. The first-order chi connectivity index (χ1) is 8.34. The Morgan fingerprint density at radius 3 is 2.88 bits per heavy atom.